The highest BCUT2D eigenvalue weighted by Gasteiger charge is 2.22. The van der Waals surface area contributed by atoms with E-state index in [-0.39, 0.29) is 11.2 Å². The predicted molar refractivity (Wildman–Crippen MR) is 105 cm³/mol. The van der Waals surface area contributed by atoms with Crippen LogP contribution in [0.25, 0.3) is 0 Å². The molecule has 1 nitrogen and oxygen atoms in total. The molecule has 0 amide bonds. The maximum Gasteiger partial charge on any atom is 0.171 e. The largest absolute Gasteiger partial charge is 0.293 e. The van der Waals surface area contributed by atoms with Crippen LogP contribution >= 0.6 is 0 Å². The van der Waals surface area contributed by atoms with E-state index in [9.17, 15) is 4.79 Å². The molecule has 1 rings (SSSR count). The van der Waals surface area contributed by atoms with E-state index in [1.54, 1.807) is 0 Å². The first-order valence-electron chi connectivity index (χ1n) is 10.4. The molecule has 1 aliphatic rings. The molecule has 138 valence electrons. The number of allylic oxidation sites excluding steroid dienone is 1. The Kier molecular flexibility index (Phi) is 10.3. The van der Waals surface area contributed by atoms with Gasteiger partial charge in [0.2, 0.25) is 0 Å². The van der Waals surface area contributed by atoms with Crippen molar-refractivity contribution >= 4 is 5.78 Å². The lowest BCUT2D eigenvalue weighted by Gasteiger charge is -2.16. The summed E-state index contributed by atoms with van der Waals surface area (Å²) in [4.78, 5) is 12.4. The van der Waals surface area contributed by atoms with Gasteiger partial charge in [0.15, 0.2) is 5.78 Å². The summed E-state index contributed by atoms with van der Waals surface area (Å²) >= 11 is 0. The Morgan fingerprint density at radius 1 is 0.708 bits per heavy atom. The molecule has 0 spiro atoms. The molecule has 0 radical (unpaired) electrons. The van der Waals surface area contributed by atoms with E-state index in [1.165, 1.54) is 82.6 Å². The predicted octanol–water partition coefficient (Wildman–Crippen LogP) is 7.55. The summed E-state index contributed by atoms with van der Waals surface area (Å²) in [6, 6.07) is 0. The number of hydrogen-bond donors (Lipinski definition) is 0. The van der Waals surface area contributed by atoms with Crippen LogP contribution in [0.15, 0.2) is 16.9 Å². The van der Waals surface area contributed by atoms with Gasteiger partial charge in [0.05, 0.1) is 0 Å². The van der Waals surface area contributed by atoms with Crippen molar-refractivity contribution in [3.63, 3.8) is 0 Å². The molecule has 0 atom stereocenters. The Labute approximate surface area is 151 Å². The Hall–Kier alpha value is -0.810. The van der Waals surface area contributed by atoms with Crippen molar-refractivity contribution in [3.05, 3.63) is 16.9 Å². The third-order valence-electron chi connectivity index (χ3n) is 5.09. The topological polar surface area (TPSA) is 17.1 Å². The minimum atomic E-state index is -0.294. The van der Waals surface area contributed by atoms with Crippen LogP contribution in [0.5, 0.6) is 0 Å². The molecule has 0 aromatic heterocycles. The van der Waals surface area contributed by atoms with Gasteiger partial charge in [-0.05, 0) is 38.2 Å². The fourth-order valence-electron chi connectivity index (χ4n) is 3.58. The number of rotatable bonds is 1. The molecule has 1 heteroatoms. The number of Topliss-reactive ketones (excluding diaryl/α,β-unsaturated/α-hetero) is 1. The van der Waals surface area contributed by atoms with Gasteiger partial charge < -0.3 is 0 Å². The van der Waals surface area contributed by atoms with E-state index >= 15 is 0 Å². The van der Waals surface area contributed by atoms with Gasteiger partial charge in [-0.25, -0.2) is 0 Å². The lowest BCUT2D eigenvalue weighted by Crippen LogP contribution is -2.20. The normalized spacial score (nSPS) is 19.8. The number of ketones is 1. The van der Waals surface area contributed by atoms with Gasteiger partial charge in [0.1, 0.15) is 0 Å². The van der Waals surface area contributed by atoms with Crippen molar-refractivity contribution < 1.29 is 4.79 Å². The smallest absolute Gasteiger partial charge is 0.171 e. The van der Waals surface area contributed by atoms with E-state index in [1.807, 2.05) is 27.7 Å². The SMILES string of the molecule is CC(=C=C1CCCCCCCCCCCCCC1)C(=O)C(C)(C)C. The standard InChI is InChI=1S/C23H40O/c1-20(22(24)23(2,3)4)19-21-17-15-13-11-9-7-5-6-8-10-12-14-16-18-21/h5-18H2,1-4H3. The van der Waals surface area contributed by atoms with Crippen molar-refractivity contribution in [2.75, 3.05) is 0 Å². The van der Waals surface area contributed by atoms with Crippen molar-refractivity contribution in [1.29, 1.82) is 0 Å². The zero-order chi connectivity index (χ0) is 17.8. The molecule has 1 fully saturated rings. The van der Waals surface area contributed by atoms with Crippen molar-refractivity contribution in [2.24, 2.45) is 5.41 Å². The fraction of sp³-hybridized carbons (Fsp3) is 0.826. The first-order chi connectivity index (χ1) is 11.4. The minimum absolute atomic E-state index is 0.242. The second kappa shape index (κ2) is 11.7. The molecule has 0 heterocycles. The summed E-state index contributed by atoms with van der Waals surface area (Å²) in [5.41, 5.74) is 5.42. The molecule has 0 saturated heterocycles. The lowest BCUT2D eigenvalue weighted by molar-refractivity contribution is -0.122. The van der Waals surface area contributed by atoms with Gasteiger partial charge >= 0.3 is 0 Å². The molecular formula is C23H40O. The van der Waals surface area contributed by atoms with E-state index in [2.05, 4.69) is 5.73 Å². The second-order valence-electron chi connectivity index (χ2n) is 8.68. The molecule has 24 heavy (non-hydrogen) atoms. The Morgan fingerprint density at radius 2 is 1.04 bits per heavy atom. The molecular weight excluding hydrogens is 292 g/mol. The molecule has 0 aromatic rings. The zero-order valence-electron chi connectivity index (χ0n) is 16.8. The molecule has 0 aromatic carbocycles. The highest BCUT2D eigenvalue weighted by atomic mass is 16.1. The summed E-state index contributed by atoms with van der Waals surface area (Å²) in [7, 11) is 0. The number of carbonyl (C=O) groups is 1. The van der Waals surface area contributed by atoms with Crippen LogP contribution in [0.3, 0.4) is 0 Å². The summed E-state index contributed by atoms with van der Waals surface area (Å²) in [6.45, 7) is 7.96. The van der Waals surface area contributed by atoms with Gasteiger partial charge in [-0.2, -0.15) is 0 Å². The van der Waals surface area contributed by atoms with Crippen molar-refractivity contribution in [1.82, 2.24) is 0 Å². The van der Waals surface area contributed by atoms with E-state index in [4.69, 9.17) is 0 Å². The highest BCUT2D eigenvalue weighted by Crippen LogP contribution is 2.22. The van der Waals surface area contributed by atoms with E-state index < -0.39 is 0 Å². The maximum atomic E-state index is 12.4. The fourth-order valence-corrected chi connectivity index (χ4v) is 3.58. The van der Waals surface area contributed by atoms with Gasteiger partial charge in [0.25, 0.3) is 0 Å². The zero-order valence-corrected chi connectivity index (χ0v) is 16.8. The third-order valence-corrected chi connectivity index (χ3v) is 5.09. The Bertz CT molecular complexity index is 411. The molecule has 0 unspecified atom stereocenters. The number of hydrogen-bond acceptors (Lipinski definition) is 1. The monoisotopic (exact) mass is 332 g/mol. The Morgan fingerprint density at radius 3 is 1.38 bits per heavy atom. The van der Waals surface area contributed by atoms with Crippen molar-refractivity contribution in [3.8, 4) is 0 Å². The quantitative estimate of drug-likeness (QED) is 0.358. The van der Waals surface area contributed by atoms with Crippen LogP contribution in [0.1, 0.15) is 118 Å². The van der Waals surface area contributed by atoms with Crippen LogP contribution in [-0.4, -0.2) is 5.78 Å². The van der Waals surface area contributed by atoms with E-state index in [0.717, 1.165) is 18.4 Å². The van der Waals surface area contributed by atoms with Crippen LogP contribution in [0.2, 0.25) is 0 Å². The van der Waals surface area contributed by atoms with Gasteiger partial charge in [0, 0.05) is 11.0 Å². The minimum Gasteiger partial charge on any atom is -0.293 e. The summed E-state index contributed by atoms with van der Waals surface area (Å²) in [5.74, 6) is 0.242. The Balaban J connectivity index is 2.71. The van der Waals surface area contributed by atoms with Crippen molar-refractivity contribution in [2.45, 2.75) is 118 Å². The number of carbonyl (C=O) groups excluding carboxylic acids is 1. The summed E-state index contributed by atoms with van der Waals surface area (Å²) < 4.78 is 0. The average Bonchev–Trinajstić information content (AvgIpc) is 2.53. The van der Waals surface area contributed by atoms with Gasteiger partial charge in [-0.15, -0.1) is 5.73 Å². The lowest BCUT2D eigenvalue weighted by atomic mass is 9.86. The van der Waals surface area contributed by atoms with Gasteiger partial charge in [-0.1, -0.05) is 85.0 Å². The van der Waals surface area contributed by atoms with E-state index in [0.29, 0.717) is 0 Å². The van der Waals surface area contributed by atoms with Gasteiger partial charge in [-0.3, -0.25) is 4.79 Å². The van der Waals surface area contributed by atoms with Crippen LogP contribution in [-0.2, 0) is 4.79 Å². The highest BCUT2D eigenvalue weighted by molar-refractivity contribution is 5.98. The molecule has 0 N–H and O–H groups in total. The summed E-state index contributed by atoms with van der Waals surface area (Å²) in [5, 5.41) is 0. The second-order valence-corrected chi connectivity index (χ2v) is 8.68. The van der Waals surface area contributed by atoms with Crippen LogP contribution in [0.4, 0.5) is 0 Å². The molecule has 0 aliphatic heterocycles. The van der Waals surface area contributed by atoms with Crippen LogP contribution in [0, 0.1) is 5.41 Å². The molecule has 0 bridgehead atoms. The first-order valence-corrected chi connectivity index (χ1v) is 10.4. The third kappa shape index (κ3) is 9.48. The average molecular weight is 333 g/mol. The van der Waals surface area contributed by atoms with Crippen LogP contribution < -0.4 is 0 Å². The maximum absolute atomic E-state index is 12.4. The molecule has 1 aliphatic carbocycles. The molecule has 1 saturated carbocycles. The first kappa shape index (κ1) is 21.2. The summed E-state index contributed by atoms with van der Waals surface area (Å²) in [6.07, 6.45) is 18.7.